The van der Waals surface area contributed by atoms with Gasteiger partial charge in [0.1, 0.15) is 0 Å². The Morgan fingerprint density at radius 2 is 2.10 bits per heavy atom. The van der Waals surface area contributed by atoms with Gasteiger partial charge in [-0.15, -0.1) is 0 Å². The quantitative estimate of drug-likeness (QED) is 0.694. The van der Waals surface area contributed by atoms with Crippen LogP contribution in [-0.2, 0) is 4.74 Å². The summed E-state index contributed by atoms with van der Waals surface area (Å²) in [6.07, 6.45) is 6.40. The first-order valence-corrected chi connectivity index (χ1v) is 8.40. The fourth-order valence-corrected chi connectivity index (χ4v) is 4.00. The zero-order valence-corrected chi connectivity index (χ0v) is 13.7. The van der Waals surface area contributed by atoms with Crippen molar-refractivity contribution in [3.05, 3.63) is 33.3 Å². The van der Waals surface area contributed by atoms with Gasteiger partial charge < -0.3 is 4.74 Å². The van der Waals surface area contributed by atoms with Crippen molar-refractivity contribution in [3.63, 3.8) is 0 Å². The highest BCUT2D eigenvalue weighted by Gasteiger charge is 2.41. The molecule has 1 saturated heterocycles. The molecule has 0 aromatic heterocycles. The Kier molecular flexibility index (Phi) is 4.21. The number of halogens is 2. The summed E-state index contributed by atoms with van der Waals surface area (Å²) in [4.78, 5) is 12.7. The minimum Gasteiger partial charge on any atom is -0.375 e. The molecular formula is C16H18BrClO2. The first-order chi connectivity index (χ1) is 9.60. The van der Waals surface area contributed by atoms with Crippen molar-refractivity contribution < 1.29 is 9.53 Å². The highest BCUT2D eigenvalue weighted by molar-refractivity contribution is 9.10. The van der Waals surface area contributed by atoms with Crippen LogP contribution < -0.4 is 0 Å². The van der Waals surface area contributed by atoms with Crippen LogP contribution >= 0.6 is 27.5 Å². The van der Waals surface area contributed by atoms with Gasteiger partial charge in [-0.2, -0.15) is 0 Å². The van der Waals surface area contributed by atoms with Gasteiger partial charge in [0.2, 0.25) is 0 Å². The van der Waals surface area contributed by atoms with E-state index in [2.05, 4.69) is 15.9 Å². The van der Waals surface area contributed by atoms with Crippen LogP contribution in [0.25, 0.3) is 0 Å². The summed E-state index contributed by atoms with van der Waals surface area (Å²) in [5.74, 6) is 0.326. The van der Waals surface area contributed by atoms with Crippen LogP contribution in [0.3, 0.4) is 0 Å². The third-order valence-electron chi connectivity index (χ3n) is 4.58. The van der Waals surface area contributed by atoms with E-state index in [1.165, 1.54) is 12.8 Å². The van der Waals surface area contributed by atoms with Crippen molar-refractivity contribution in [3.8, 4) is 0 Å². The lowest BCUT2D eigenvalue weighted by molar-refractivity contribution is -0.0866. The minimum absolute atomic E-state index is 0.0117. The molecule has 1 saturated carbocycles. The Morgan fingerprint density at radius 1 is 1.35 bits per heavy atom. The lowest BCUT2D eigenvalue weighted by atomic mass is 9.81. The molecule has 1 aliphatic heterocycles. The van der Waals surface area contributed by atoms with Gasteiger partial charge >= 0.3 is 0 Å². The molecule has 0 radical (unpaired) electrons. The average Bonchev–Trinajstić information content (AvgIpc) is 2.89. The van der Waals surface area contributed by atoms with Crippen molar-refractivity contribution in [2.24, 2.45) is 5.92 Å². The van der Waals surface area contributed by atoms with Crippen molar-refractivity contribution >= 4 is 33.3 Å². The van der Waals surface area contributed by atoms with Crippen molar-refractivity contribution in [1.82, 2.24) is 0 Å². The number of hydrogen-bond acceptors (Lipinski definition) is 2. The molecule has 1 atom stereocenters. The van der Waals surface area contributed by atoms with Gasteiger partial charge in [-0.1, -0.05) is 24.4 Å². The summed E-state index contributed by atoms with van der Waals surface area (Å²) >= 11 is 9.38. The van der Waals surface area contributed by atoms with E-state index in [1.807, 2.05) is 12.1 Å². The molecule has 0 N–H and O–H groups in total. The first-order valence-electron chi connectivity index (χ1n) is 7.23. The molecule has 1 aliphatic carbocycles. The summed E-state index contributed by atoms with van der Waals surface area (Å²) in [5.41, 5.74) is 0.740. The lowest BCUT2D eigenvalue weighted by Crippen LogP contribution is -2.39. The van der Waals surface area contributed by atoms with E-state index < -0.39 is 0 Å². The van der Waals surface area contributed by atoms with Gasteiger partial charge in [0.15, 0.2) is 5.78 Å². The van der Waals surface area contributed by atoms with E-state index in [1.54, 1.807) is 6.07 Å². The van der Waals surface area contributed by atoms with E-state index in [9.17, 15) is 4.79 Å². The molecule has 1 spiro atoms. The Morgan fingerprint density at radius 3 is 2.80 bits per heavy atom. The molecule has 1 unspecified atom stereocenters. The molecule has 2 aliphatic rings. The Bertz CT molecular complexity index is 523. The SMILES string of the molecule is O=C(c1ccc(Cl)c(Br)c1)C1CCOC2(CCCC2)C1. The molecule has 2 nitrogen and oxygen atoms in total. The number of hydrogen-bond donors (Lipinski definition) is 0. The van der Waals surface area contributed by atoms with Crippen LogP contribution in [0.15, 0.2) is 22.7 Å². The molecule has 108 valence electrons. The van der Waals surface area contributed by atoms with Crippen LogP contribution in [0.4, 0.5) is 0 Å². The van der Waals surface area contributed by atoms with Crippen LogP contribution in [-0.4, -0.2) is 18.0 Å². The van der Waals surface area contributed by atoms with Crippen molar-refractivity contribution in [1.29, 1.82) is 0 Å². The summed E-state index contributed by atoms with van der Waals surface area (Å²) < 4.78 is 6.79. The fraction of sp³-hybridized carbons (Fsp3) is 0.562. The molecule has 0 bridgehead atoms. The van der Waals surface area contributed by atoms with Crippen molar-refractivity contribution in [2.45, 2.75) is 44.1 Å². The third kappa shape index (κ3) is 2.81. The molecule has 0 amide bonds. The number of ether oxygens (including phenoxy) is 1. The van der Waals surface area contributed by atoms with E-state index in [0.717, 1.165) is 35.7 Å². The summed E-state index contributed by atoms with van der Waals surface area (Å²) in [6.45, 7) is 0.713. The maximum atomic E-state index is 12.7. The number of carbonyl (C=O) groups is 1. The van der Waals surface area contributed by atoms with E-state index >= 15 is 0 Å². The highest BCUT2D eigenvalue weighted by atomic mass is 79.9. The monoisotopic (exact) mass is 356 g/mol. The van der Waals surface area contributed by atoms with E-state index in [4.69, 9.17) is 16.3 Å². The Labute approximate surface area is 133 Å². The number of benzene rings is 1. The second kappa shape index (κ2) is 5.78. The smallest absolute Gasteiger partial charge is 0.166 e. The van der Waals surface area contributed by atoms with Crippen molar-refractivity contribution in [2.75, 3.05) is 6.61 Å². The molecule has 20 heavy (non-hydrogen) atoms. The van der Waals surface area contributed by atoms with Crippen LogP contribution in [0.2, 0.25) is 5.02 Å². The zero-order valence-electron chi connectivity index (χ0n) is 11.3. The summed E-state index contributed by atoms with van der Waals surface area (Å²) in [7, 11) is 0. The lowest BCUT2D eigenvalue weighted by Gasteiger charge is -2.37. The Hall–Kier alpha value is -0.380. The Balaban J connectivity index is 1.77. The van der Waals surface area contributed by atoms with Crippen LogP contribution in [0.1, 0.15) is 48.9 Å². The number of carbonyl (C=O) groups excluding carboxylic acids is 1. The van der Waals surface area contributed by atoms with E-state index in [0.29, 0.717) is 11.6 Å². The average molecular weight is 358 g/mol. The number of Topliss-reactive ketones (excluding diaryl/α,β-unsaturated/α-hetero) is 1. The van der Waals surface area contributed by atoms with Gasteiger partial charge in [0, 0.05) is 22.6 Å². The molecule has 2 fully saturated rings. The second-order valence-electron chi connectivity index (χ2n) is 5.92. The van der Waals surface area contributed by atoms with Gasteiger partial charge in [-0.25, -0.2) is 0 Å². The van der Waals surface area contributed by atoms with Gasteiger partial charge in [-0.3, -0.25) is 4.79 Å². The number of ketones is 1. The molecule has 4 heteroatoms. The maximum Gasteiger partial charge on any atom is 0.166 e. The van der Waals surface area contributed by atoms with E-state index in [-0.39, 0.29) is 17.3 Å². The number of rotatable bonds is 2. The van der Waals surface area contributed by atoms with Gasteiger partial charge in [0.25, 0.3) is 0 Å². The molecule has 1 aromatic rings. The molecule has 1 heterocycles. The van der Waals surface area contributed by atoms with Gasteiger partial charge in [-0.05, 0) is 59.8 Å². The molecule has 1 aromatic carbocycles. The second-order valence-corrected chi connectivity index (χ2v) is 7.18. The summed E-state index contributed by atoms with van der Waals surface area (Å²) in [5, 5.41) is 0.640. The highest BCUT2D eigenvalue weighted by Crippen LogP contribution is 2.43. The molecule has 3 rings (SSSR count). The van der Waals surface area contributed by atoms with Crippen LogP contribution in [0.5, 0.6) is 0 Å². The predicted octanol–water partition coefficient (Wildman–Crippen LogP) is 5.02. The maximum absolute atomic E-state index is 12.7. The largest absolute Gasteiger partial charge is 0.375 e. The minimum atomic E-state index is -0.0117. The third-order valence-corrected chi connectivity index (χ3v) is 5.80. The standard InChI is InChI=1S/C16H18BrClO2/c17-13-9-11(3-4-14(13)18)15(19)12-5-8-20-16(10-12)6-1-2-7-16/h3-4,9,12H,1-2,5-8,10H2. The fourth-order valence-electron chi connectivity index (χ4n) is 3.50. The van der Waals surface area contributed by atoms with Crippen LogP contribution in [0, 0.1) is 5.92 Å². The first kappa shape index (κ1) is 14.6. The predicted molar refractivity (Wildman–Crippen MR) is 83.4 cm³/mol. The van der Waals surface area contributed by atoms with Gasteiger partial charge in [0.05, 0.1) is 10.6 Å². The normalized spacial score (nSPS) is 25.0. The topological polar surface area (TPSA) is 26.3 Å². The zero-order chi connectivity index (χ0) is 14.2. The molecular weight excluding hydrogens is 340 g/mol. The summed E-state index contributed by atoms with van der Waals surface area (Å²) in [6, 6.07) is 5.44.